The quantitative estimate of drug-likeness (QED) is 0.108. The van der Waals surface area contributed by atoms with Crippen LogP contribution in [0.15, 0.2) is 108 Å². The summed E-state index contributed by atoms with van der Waals surface area (Å²) in [7, 11) is 0. The van der Waals surface area contributed by atoms with Crippen molar-refractivity contribution >= 4 is 64.3 Å². The van der Waals surface area contributed by atoms with Gasteiger partial charge >= 0.3 is 0 Å². The van der Waals surface area contributed by atoms with Crippen molar-refractivity contribution < 1.29 is 14.4 Å². The minimum Gasteiger partial charge on any atom is -0.321 e. The third-order valence-corrected chi connectivity index (χ3v) is 7.92. The number of thioether (sulfide) groups is 1. The van der Waals surface area contributed by atoms with Crippen LogP contribution in [-0.2, 0) is 4.79 Å². The van der Waals surface area contributed by atoms with E-state index >= 15 is 0 Å². The summed E-state index contributed by atoms with van der Waals surface area (Å²) in [5, 5.41) is 6.34. The third kappa shape index (κ3) is 8.57. The number of carbonyl (C=O) groups is 3. The summed E-state index contributed by atoms with van der Waals surface area (Å²) < 4.78 is 0. The van der Waals surface area contributed by atoms with Crippen LogP contribution in [0.4, 0.5) is 5.69 Å². The molecule has 0 aliphatic heterocycles. The van der Waals surface area contributed by atoms with Crippen molar-refractivity contribution in [1.82, 2.24) is 5.32 Å². The second-order valence-electron chi connectivity index (χ2n) is 9.52. The smallest absolute Gasteiger partial charge is 0.272 e. The van der Waals surface area contributed by atoms with Gasteiger partial charge in [0.25, 0.3) is 11.8 Å². The van der Waals surface area contributed by atoms with Crippen LogP contribution in [0.5, 0.6) is 0 Å². The van der Waals surface area contributed by atoms with E-state index in [1.54, 1.807) is 60.7 Å². The summed E-state index contributed by atoms with van der Waals surface area (Å²) in [5.74, 6) is -0.320. The number of amides is 2. The van der Waals surface area contributed by atoms with Gasteiger partial charge in [0.15, 0.2) is 5.78 Å². The molecule has 8 heteroatoms. The molecule has 4 aromatic carbocycles. The first kappa shape index (κ1) is 30.1. The molecule has 2 amide bonds. The van der Waals surface area contributed by atoms with Crippen molar-refractivity contribution in [3.05, 3.63) is 135 Å². The van der Waals surface area contributed by atoms with Gasteiger partial charge in [-0.2, -0.15) is 0 Å². The number of hydrogen-bond acceptors (Lipinski definition) is 4. The average Bonchev–Trinajstić information content (AvgIpc) is 2.98. The Balaban J connectivity index is 1.45. The van der Waals surface area contributed by atoms with Crippen LogP contribution < -0.4 is 10.6 Å². The summed E-state index contributed by atoms with van der Waals surface area (Å²) in [4.78, 5) is 39.6. The highest BCUT2D eigenvalue weighted by Gasteiger charge is 2.16. The van der Waals surface area contributed by atoms with E-state index in [0.29, 0.717) is 32.8 Å². The van der Waals surface area contributed by atoms with Crippen molar-refractivity contribution in [2.45, 2.75) is 24.7 Å². The molecule has 0 spiro atoms. The maximum Gasteiger partial charge on any atom is 0.272 e. The van der Waals surface area contributed by atoms with E-state index < -0.39 is 5.91 Å². The molecule has 5 nitrogen and oxygen atoms in total. The number of anilines is 1. The summed E-state index contributed by atoms with van der Waals surface area (Å²) >= 11 is 13.3. The Morgan fingerprint density at radius 3 is 2.12 bits per heavy atom. The Bertz CT molecular complexity index is 1570. The van der Waals surface area contributed by atoms with Gasteiger partial charge in [0, 0.05) is 21.7 Å². The molecule has 4 rings (SSSR count). The lowest BCUT2D eigenvalue weighted by Crippen LogP contribution is -2.30. The van der Waals surface area contributed by atoms with Crippen molar-refractivity contribution in [3.63, 3.8) is 0 Å². The third-order valence-electron chi connectivity index (χ3n) is 6.17. The van der Waals surface area contributed by atoms with Gasteiger partial charge in [-0.1, -0.05) is 79.5 Å². The van der Waals surface area contributed by atoms with Crippen LogP contribution in [0, 0.1) is 0 Å². The molecule has 0 radical (unpaired) electrons. The van der Waals surface area contributed by atoms with Gasteiger partial charge < -0.3 is 10.6 Å². The van der Waals surface area contributed by atoms with Gasteiger partial charge in [-0.15, -0.1) is 11.8 Å². The van der Waals surface area contributed by atoms with Gasteiger partial charge in [-0.25, -0.2) is 0 Å². The minimum atomic E-state index is -0.461. The van der Waals surface area contributed by atoms with E-state index in [1.807, 2.05) is 42.5 Å². The lowest BCUT2D eigenvalue weighted by Gasteiger charge is -2.12. The highest BCUT2D eigenvalue weighted by Crippen LogP contribution is 2.26. The van der Waals surface area contributed by atoms with Crippen LogP contribution in [0.2, 0.25) is 10.0 Å². The second-order valence-corrected chi connectivity index (χ2v) is 11.4. The monoisotopic (exact) mass is 602 g/mol. The predicted molar refractivity (Wildman–Crippen MR) is 169 cm³/mol. The molecule has 2 N–H and O–H groups in total. The molecule has 208 valence electrons. The molecule has 41 heavy (non-hydrogen) atoms. The number of carbonyl (C=O) groups excluding carboxylic acids is 3. The van der Waals surface area contributed by atoms with Gasteiger partial charge in [-0.05, 0) is 77.7 Å². The van der Waals surface area contributed by atoms with E-state index in [9.17, 15) is 14.4 Å². The molecule has 0 aliphatic rings. The first-order valence-electron chi connectivity index (χ1n) is 12.9. The molecular weight excluding hydrogens is 575 g/mol. The summed E-state index contributed by atoms with van der Waals surface area (Å²) in [6.07, 6.45) is 1.65. The molecule has 0 unspecified atom stereocenters. The standard InChI is InChI=1S/C33H28Cl2N2O3S/c1-21(2)23-10-8-22(9-11-23)18-30(37-32(39)24-6-4-3-5-7-24)33(40)36-26-13-15-27(16-14-26)41-20-31(38)25-12-17-28(34)29(35)19-25/h3-19,21H,20H2,1-2H3,(H,36,40)(H,37,39)/b30-18-. The Hall–Kier alpha value is -3.84. The molecule has 0 saturated carbocycles. The highest BCUT2D eigenvalue weighted by atomic mass is 35.5. The number of ketones is 1. The maximum absolute atomic E-state index is 13.3. The van der Waals surface area contributed by atoms with E-state index in [4.69, 9.17) is 23.2 Å². The summed E-state index contributed by atoms with van der Waals surface area (Å²) in [6, 6.07) is 28.5. The topological polar surface area (TPSA) is 75.3 Å². The number of benzene rings is 4. The normalized spacial score (nSPS) is 11.3. The Morgan fingerprint density at radius 1 is 0.805 bits per heavy atom. The molecule has 0 bridgehead atoms. The zero-order valence-corrected chi connectivity index (χ0v) is 24.8. The van der Waals surface area contributed by atoms with Crippen LogP contribution in [0.3, 0.4) is 0 Å². The molecule has 0 aromatic heterocycles. The Labute approximate surface area is 254 Å². The number of halogens is 2. The number of rotatable bonds is 10. The van der Waals surface area contributed by atoms with Crippen molar-refractivity contribution in [2.24, 2.45) is 0 Å². The summed E-state index contributed by atoms with van der Waals surface area (Å²) in [5.41, 5.74) is 3.56. The fourth-order valence-electron chi connectivity index (χ4n) is 3.82. The molecular formula is C33H28Cl2N2O3S. The first-order valence-corrected chi connectivity index (χ1v) is 14.6. The molecule has 0 heterocycles. The van der Waals surface area contributed by atoms with Crippen LogP contribution in [0.25, 0.3) is 6.08 Å². The van der Waals surface area contributed by atoms with Crippen molar-refractivity contribution in [2.75, 3.05) is 11.1 Å². The molecule has 0 saturated heterocycles. The number of hydrogen-bond donors (Lipinski definition) is 2. The van der Waals surface area contributed by atoms with E-state index in [0.717, 1.165) is 10.5 Å². The minimum absolute atomic E-state index is 0.0729. The maximum atomic E-state index is 13.3. The average molecular weight is 604 g/mol. The number of Topliss-reactive ketones (excluding diaryl/α,β-unsaturated/α-hetero) is 1. The molecule has 0 atom stereocenters. The van der Waals surface area contributed by atoms with Crippen LogP contribution >= 0.6 is 35.0 Å². The Kier molecular flexibility index (Phi) is 10.4. The van der Waals surface area contributed by atoms with E-state index in [2.05, 4.69) is 24.5 Å². The fraction of sp³-hybridized carbons (Fsp3) is 0.121. The fourth-order valence-corrected chi connectivity index (χ4v) is 4.91. The molecule has 0 aliphatic carbocycles. The van der Waals surface area contributed by atoms with Gasteiger partial charge in [-0.3, -0.25) is 14.4 Å². The van der Waals surface area contributed by atoms with Gasteiger partial charge in [0.2, 0.25) is 0 Å². The zero-order valence-electron chi connectivity index (χ0n) is 22.5. The SMILES string of the molecule is CC(C)c1ccc(/C=C(\NC(=O)c2ccccc2)C(=O)Nc2ccc(SCC(=O)c3ccc(Cl)c(Cl)c3)cc2)cc1. The highest BCUT2D eigenvalue weighted by molar-refractivity contribution is 8.00. The predicted octanol–water partition coefficient (Wildman–Crippen LogP) is 8.50. The zero-order chi connectivity index (χ0) is 29.4. The van der Waals surface area contributed by atoms with Gasteiger partial charge in [0.1, 0.15) is 5.70 Å². The number of nitrogens with one attached hydrogen (secondary N) is 2. The first-order chi connectivity index (χ1) is 19.7. The van der Waals surface area contributed by atoms with Gasteiger partial charge in [0.05, 0.1) is 15.8 Å². The molecule has 0 fully saturated rings. The largest absolute Gasteiger partial charge is 0.321 e. The van der Waals surface area contributed by atoms with E-state index in [1.165, 1.54) is 17.3 Å². The van der Waals surface area contributed by atoms with Crippen LogP contribution in [-0.4, -0.2) is 23.4 Å². The van der Waals surface area contributed by atoms with Crippen molar-refractivity contribution in [3.8, 4) is 0 Å². The lowest BCUT2D eigenvalue weighted by molar-refractivity contribution is -0.113. The summed E-state index contributed by atoms with van der Waals surface area (Å²) in [6.45, 7) is 4.22. The van der Waals surface area contributed by atoms with Crippen molar-refractivity contribution in [1.29, 1.82) is 0 Å². The Morgan fingerprint density at radius 2 is 1.49 bits per heavy atom. The second kappa shape index (κ2) is 14.2. The lowest BCUT2D eigenvalue weighted by atomic mass is 10.0. The van der Waals surface area contributed by atoms with Crippen LogP contribution in [0.1, 0.15) is 51.6 Å². The van der Waals surface area contributed by atoms with E-state index in [-0.39, 0.29) is 23.1 Å². The molecule has 4 aromatic rings.